The maximum absolute atomic E-state index is 12.4. The number of carbonyl (C=O) groups is 2. The van der Waals surface area contributed by atoms with E-state index in [2.05, 4.69) is 36.7 Å². The molecule has 1 saturated heterocycles. The normalized spacial score (nSPS) is 42.4. The van der Waals surface area contributed by atoms with Gasteiger partial charge < -0.3 is 10.6 Å². The number of amides is 2. The van der Waals surface area contributed by atoms with Crippen LogP contribution in [0.5, 0.6) is 0 Å². The van der Waals surface area contributed by atoms with E-state index in [0.29, 0.717) is 6.54 Å². The van der Waals surface area contributed by atoms with Gasteiger partial charge in [0.15, 0.2) is 0 Å². The number of hydrogen-bond acceptors (Lipinski definition) is 3. The van der Waals surface area contributed by atoms with Crippen LogP contribution >= 0.6 is 0 Å². The molecule has 0 aromatic heterocycles. The molecule has 5 nitrogen and oxygen atoms in total. The van der Waals surface area contributed by atoms with Crippen LogP contribution in [0.4, 0.5) is 0 Å². The lowest BCUT2D eigenvalue weighted by Gasteiger charge is -2.43. The first kappa shape index (κ1) is 13.9. The molecule has 0 aromatic carbocycles. The van der Waals surface area contributed by atoms with Crippen molar-refractivity contribution in [2.45, 2.75) is 52.1 Å². The van der Waals surface area contributed by atoms with E-state index in [4.69, 9.17) is 0 Å². The second-order valence-electron chi connectivity index (χ2n) is 7.59. The van der Waals surface area contributed by atoms with Crippen LogP contribution in [0.2, 0.25) is 0 Å². The van der Waals surface area contributed by atoms with Gasteiger partial charge >= 0.3 is 0 Å². The predicted molar refractivity (Wildman–Crippen MR) is 76.0 cm³/mol. The van der Waals surface area contributed by atoms with Crippen LogP contribution in [0.1, 0.15) is 40.0 Å². The van der Waals surface area contributed by atoms with E-state index < -0.39 is 0 Å². The van der Waals surface area contributed by atoms with E-state index in [1.54, 1.807) is 0 Å². The van der Waals surface area contributed by atoms with Crippen LogP contribution < -0.4 is 16.0 Å². The van der Waals surface area contributed by atoms with Gasteiger partial charge in [-0.2, -0.15) is 0 Å². The molecular formula is C15H25N3O2. The fourth-order valence-corrected chi connectivity index (χ4v) is 4.66. The van der Waals surface area contributed by atoms with Crippen molar-refractivity contribution in [2.75, 3.05) is 13.1 Å². The van der Waals surface area contributed by atoms with Gasteiger partial charge in [-0.05, 0) is 36.0 Å². The largest absolute Gasteiger partial charge is 0.353 e. The summed E-state index contributed by atoms with van der Waals surface area (Å²) >= 11 is 0. The number of hydrogen-bond donors (Lipinski definition) is 3. The van der Waals surface area contributed by atoms with Gasteiger partial charge in [0.2, 0.25) is 11.8 Å². The highest BCUT2D eigenvalue weighted by Crippen LogP contribution is 2.62. The zero-order valence-corrected chi connectivity index (χ0v) is 12.6. The van der Waals surface area contributed by atoms with E-state index in [-0.39, 0.29) is 41.3 Å². The maximum Gasteiger partial charge on any atom is 0.239 e. The smallest absolute Gasteiger partial charge is 0.239 e. The lowest BCUT2D eigenvalue weighted by Crippen LogP contribution is -2.62. The van der Waals surface area contributed by atoms with Gasteiger partial charge in [-0.3, -0.25) is 14.9 Å². The Hall–Kier alpha value is -1.10. The second-order valence-corrected chi connectivity index (χ2v) is 7.59. The van der Waals surface area contributed by atoms with Gasteiger partial charge in [-0.15, -0.1) is 0 Å². The van der Waals surface area contributed by atoms with Crippen LogP contribution in [0.3, 0.4) is 0 Å². The first-order valence-electron chi connectivity index (χ1n) is 7.63. The highest BCUT2D eigenvalue weighted by atomic mass is 16.2. The highest BCUT2D eigenvalue weighted by Gasteiger charge is 2.59. The number of fused-ring (bicyclic) bond motifs is 2. The summed E-state index contributed by atoms with van der Waals surface area (Å²) in [7, 11) is 0. The quantitative estimate of drug-likeness (QED) is 0.685. The number of nitrogens with one attached hydrogen (secondary N) is 3. The topological polar surface area (TPSA) is 70.2 Å². The Morgan fingerprint density at radius 2 is 2.10 bits per heavy atom. The average Bonchev–Trinajstić information content (AvgIpc) is 2.86. The van der Waals surface area contributed by atoms with Gasteiger partial charge in [-0.1, -0.05) is 20.8 Å². The zero-order chi connectivity index (χ0) is 14.5. The van der Waals surface area contributed by atoms with Crippen LogP contribution in [0, 0.1) is 16.7 Å². The fourth-order valence-electron chi connectivity index (χ4n) is 4.66. The van der Waals surface area contributed by atoms with Crippen molar-refractivity contribution in [2.24, 2.45) is 16.7 Å². The van der Waals surface area contributed by atoms with Crippen molar-refractivity contribution in [1.82, 2.24) is 16.0 Å². The number of piperazine rings is 1. The monoisotopic (exact) mass is 279 g/mol. The van der Waals surface area contributed by atoms with Gasteiger partial charge in [0.1, 0.15) is 6.04 Å². The standard InChI is InChI=1S/C15H25N3O2/c1-14(2)9-4-5-15(3,6-9)13(14)18-12(20)10-7-17-11(19)8-16-10/h9-10,13,16H,4-8H2,1-3H3,(H,17,19)(H,18,20). The van der Waals surface area contributed by atoms with Crippen molar-refractivity contribution >= 4 is 11.8 Å². The van der Waals surface area contributed by atoms with Crippen LogP contribution in [0.15, 0.2) is 0 Å². The molecule has 3 rings (SSSR count). The first-order valence-corrected chi connectivity index (χ1v) is 7.63. The number of rotatable bonds is 2. The summed E-state index contributed by atoms with van der Waals surface area (Å²) in [5.41, 5.74) is 0.405. The minimum Gasteiger partial charge on any atom is -0.353 e. The van der Waals surface area contributed by atoms with Gasteiger partial charge in [0.05, 0.1) is 6.54 Å². The average molecular weight is 279 g/mol. The Morgan fingerprint density at radius 1 is 1.35 bits per heavy atom. The molecule has 3 aliphatic rings. The van der Waals surface area contributed by atoms with Gasteiger partial charge in [-0.25, -0.2) is 0 Å². The molecule has 5 heteroatoms. The Morgan fingerprint density at radius 3 is 2.65 bits per heavy atom. The molecule has 0 spiro atoms. The molecule has 2 saturated carbocycles. The molecule has 0 radical (unpaired) electrons. The summed E-state index contributed by atoms with van der Waals surface area (Å²) in [6, 6.07) is -0.0631. The third-order valence-electron chi connectivity index (χ3n) is 5.89. The molecule has 20 heavy (non-hydrogen) atoms. The molecule has 1 aliphatic heterocycles. The third-order valence-corrected chi connectivity index (χ3v) is 5.89. The molecule has 3 fully saturated rings. The van der Waals surface area contributed by atoms with Crippen LogP contribution in [0.25, 0.3) is 0 Å². The Balaban J connectivity index is 1.68. The lowest BCUT2D eigenvalue weighted by atomic mass is 9.68. The molecule has 3 N–H and O–H groups in total. The summed E-state index contributed by atoms with van der Waals surface area (Å²) in [4.78, 5) is 23.6. The summed E-state index contributed by atoms with van der Waals surface area (Å²) in [6.45, 7) is 7.49. The van der Waals surface area contributed by atoms with Gasteiger partial charge in [0.25, 0.3) is 0 Å². The fraction of sp³-hybridized carbons (Fsp3) is 0.867. The van der Waals surface area contributed by atoms with Crippen molar-refractivity contribution in [3.05, 3.63) is 0 Å². The van der Waals surface area contributed by atoms with E-state index in [1.807, 2.05) is 0 Å². The lowest BCUT2D eigenvalue weighted by molar-refractivity contribution is -0.128. The van der Waals surface area contributed by atoms with Crippen molar-refractivity contribution in [3.63, 3.8) is 0 Å². The van der Waals surface area contributed by atoms with E-state index in [0.717, 1.165) is 5.92 Å². The van der Waals surface area contributed by atoms with Crippen molar-refractivity contribution in [3.8, 4) is 0 Å². The van der Waals surface area contributed by atoms with Crippen molar-refractivity contribution < 1.29 is 9.59 Å². The van der Waals surface area contributed by atoms with Gasteiger partial charge in [0, 0.05) is 12.6 Å². The molecule has 1 heterocycles. The second kappa shape index (κ2) is 4.45. The van der Waals surface area contributed by atoms with E-state index in [1.165, 1.54) is 19.3 Å². The summed E-state index contributed by atoms with van der Waals surface area (Å²) in [5.74, 6) is 0.704. The Labute approximate surface area is 120 Å². The van der Waals surface area contributed by atoms with E-state index in [9.17, 15) is 9.59 Å². The SMILES string of the molecule is CC12CCC(C1)C(C)(C)C2NC(=O)C1CNC(=O)CN1. The molecule has 2 amide bonds. The zero-order valence-electron chi connectivity index (χ0n) is 12.6. The first-order chi connectivity index (χ1) is 9.33. The Kier molecular flexibility index (Phi) is 3.08. The molecular weight excluding hydrogens is 254 g/mol. The third kappa shape index (κ3) is 2.03. The molecule has 2 bridgehead atoms. The van der Waals surface area contributed by atoms with E-state index >= 15 is 0 Å². The molecule has 2 aliphatic carbocycles. The Bertz CT molecular complexity index is 434. The van der Waals surface area contributed by atoms with Crippen LogP contribution in [-0.2, 0) is 9.59 Å². The van der Waals surface area contributed by atoms with Crippen LogP contribution in [-0.4, -0.2) is 37.0 Å². The number of carbonyl (C=O) groups excluding carboxylic acids is 2. The highest BCUT2D eigenvalue weighted by molar-refractivity contribution is 5.87. The molecule has 4 atom stereocenters. The molecule has 112 valence electrons. The summed E-state index contributed by atoms with van der Waals surface area (Å²) < 4.78 is 0. The minimum atomic E-state index is -0.300. The summed E-state index contributed by atoms with van der Waals surface area (Å²) in [5, 5.41) is 9.02. The van der Waals surface area contributed by atoms with Crippen molar-refractivity contribution in [1.29, 1.82) is 0 Å². The maximum atomic E-state index is 12.4. The predicted octanol–water partition coefficient (Wildman–Crippen LogP) is 0.405. The molecule has 4 unspecified atom stereocenters. The minimum absolute atomic E-state index is 0.0249. The molecule has 0 aromatic rings. The summed E-state index contributed by atoms with van der Waals surface area (Å²) in [6.07, 6.45) is 3.72.